The summed E-state index contributed by atoms with van der Waals surface area (Å²) in [5.41, 5.74) is 0. The standard InChI is InChI=1S/C3H4OS2/c4-2-1-3(5)6/h1,3,5-6H. The lowest BCUT2D eigenvalue weighted by Crippen LogP contribution is -1.73. The highest BCUT2D eigenvalue weighted by molar-refractivity contribution is 7.99. The molecule has 0 amide bonds. The summed E-state index contributed by atoms with van der Waals surface area (Å²) >= 11 is 7.45. The first kappa shape index (κ1) is 6.15. The molecule has 34 valence electrons. The second-order valence-electron chi connectivity index (χ2n) is 0.698. The van der Waals surface area contributed by atoms with Crippen LogP contribution in [0.5, 0.6) is 0 Å². The smallest absolute Gasteiger partial charge is 0.122 e. The second-order valence-corrected chi connectivity index (χ2v) is 2.22. The molecule has 0 saturated heterocycles. The maximum atomic E-state index is 9.34. The van der Waals surface area contributed by atoms with Gasteiger partial charge in [0.25, 0.3) is 0 Å². The number of thiol groups is 2. The molecule has 0 aliphatic carbocycles. The first-order chi connectivity index (χ1) is 2.77. The summed E-state index contributed by atoms with van der Waals surface area (Å²) in [6, 6.07) is 0. The lowest BCUT2D eigenvalue weighted by Gasteiger charge is -1.80. The molecule has 0 saturated carbocycles. The van der Waals surface area contributed by atoms with Gasteiger partial charge in [0.2, 0.25) is 0 Å². The topological polar surface area (TPSA) is 17.1 Å². The number of carbonyl (C=O) groups excluding carboxylic acids is 1. The van der Waals surface area contributed by atoms with Gasteiger partial charge in [0.05, 0.1) is 4.58 Å². The van der Waals surface area contributed by atoms with Crippen LogP contribution in [0.2, 0.25) is 0 Å². The van der Waals surface area contributed by atoms with Crippen LogP contribution in [-0.2, 0) is 4.79 Å². The summed E-state index contributed by atoms with van der Waals surface area (Å²) in [6.07, 6.45) is 1.21. The minimum Gasteiger partial charge on any atom is -0.234 e. The summed E-state index contributed by atoms with van der Waals surface area (Å²) in [6.45, 7) is 0. The molecule has 0 heterocycles. The molecule has 0 aromatic rings. The maximum absolute atomic E-state index is 9.34. The minimum atomic E-state index is -0.262. The van der Waals surface area contributed by atoms with E-state index in [-0.39, 0.29) is 4.58 Å². The first-order valence-electron chi connectivity index (χ1n) is 1.34. The Kier molecular flexibility index (Phi) is 3.43. The van der Waals surface area contributed by atoms with E-state index < -0.39 is 0 Å². The largest absolute Gasteiger partial charge is 0.234 e. The molecule has 0 aliphatic heterocycles. The highest BCUT2D eigenvalue weighted by atomic mass is 32.2. The van der Waals surface area contributed by atoms with Crippen LogP contribution in [0.15, 0.2) is 6.08 Å². The van der Waals surface area contributed by atoms with E-state index in [0.717, 1.165) is 0 Å². The van der Waals surface area contributed by atoms with Crippen molar-refractivity contribution in [1.29, 1.82) is 0 Å². The van der Waals surface area contributed by atoms with Crippen LogP contribution >= 0.6 is 25.3 Å². The summed E-state index contributed by atoms with van der Waals surface area (Å²) in [4.78, 5) is 9.34. The Bertz CT molecular complexity index is 72.9. The monoisotopic (exact) mass is 120 g/mol. The summed E-state index contributed by atoms with van der Waals surface area (Å²) in [5, 5.41) is 0. The van der Waals surface area contributed by atoms with Gasteiger partial charge in [0, 0.05) is 6.08 Å². The Labute approximate surface area is 47.3 Å². The zero-order valence-corrected chi connectivity index (χ0v) is 4.75. The van der Waals surface area contributed by atoms with Gasteiger partial charge in [-0.15, -0.1) is 0 Å². The minimum absolute atomic E-state index is 0.262. The van der Waals surface area contributed by atoms with Gasteiger partial charge >= 0.3 is 0 Å². The summed E-state index contributed by atoms with van der Waals surface area (Å²) < 4.78 is -0.262. The summed E-state index contributed by atoms with van der Waals surface area (Å²) in [7, 11) is 0. The molecule has 0 aromatic carbocycles. The maximum Gasteiger partial charge on any atom is 0.122 e. The lowest BCUT2D eigenvalue weighted by atomic mass is 10.7. The van der Waals surface area contributed by atoms with Crippen molar-refractivity contribution in [2.24, 2.45) is 0 Å². The third-order valence-electron chi connectivity index (χ3n) is 0.217. The van der Waals surface area contributed by atoms with Crippen molar-refractivity contribution in [3.8, 4) is 0 Å². The van der Waals surface area contributed by atoms with E-state index in [4.69, 9.17) is 0 Å². The van der Waals surface area contributed by atoms with E-state index in [2.05, 4.69) is 25.3 Å². The molecule has 0 fully saturated rings. The van der Waals surface area contributed by atoms with Crippen molar-refractivity contribution in [2.45, 2.75) is 4.58 Å². The van der Waals surface area contributed by atoms with Crippen molar-refractivity contribution < 1.29 is 4.79 Å². The Morgan fingerprint density at radius 2 is 2.17 bits per heavy atom. The van der Waals surface area contributed by atoms with E-state index in [1.165, 1.54) is 12.0 Å². The van der Waals surface area contributed by atoms with E-state index >= 15 is 0 Å². The van der Waals surface area contributed by atoms with Gasteiger partial charge in [-0.2, -0.15) is 25.3 Å². The van der Waals surface area contributed by atoms with Crippen molar-refractivity contribution in [3.05, 3.63) is 6.08 Å². The van der Waals surface area contributed by atoms with Crippen LogP contribution in [0.25, 0.3) is 0 Å². The van der Waals surface area contributed by atoms with Crippen LogP contribution in [0, 0.1) is 0 Å². The van der Waals surface area contributed by atoms with E-state index in [1.54, 1.807) is 0 Å². The number of hydrogen-bond donors (Lipinski definition) is 2. The van der Waals surface area contributed by atoms with Crippen LogP contribution in [-0.4, -0.2) is 10.5 Å². The molecule has 3 heteroatoms. The molecule has 0 spiro atoms. The molecule has 0 atom stereocenters. The predicted molar refractivity (Wildman–Crippen MR) is 32.0 cm³/mol. The fourth-order valence-electron chi connectivity index (χ4n) is 0.0609. The zero-order valence-electron chi connectivity index (χ0n) is 2.96. The van der Waals surface area contributed by atoms with Gasteiger partial charge in [-0.05, 0) is 0 Å². The van der Waals surface area contributed by atoms with Crippen LogP contribution in [0.4, 0.5) is 0 Å². The molecule has 0 N–H and O–H groups in total. The molecule has 1 nitrogen and oxygen atoms in total. The van der Waals surface area contributed by atoms with Crippen LogP contribution < -0.4 is 0 Å². The van der Waals surface area contributed by atoms with Gasteiger partial charge in [0.15, 0.2) is 0 Å². The summed E-state index contributed by atoms with van der Waals surface area (Å²) in [5.74, 6) is 1.54. The molecule has 0 aliphatic rings. The van der Waals surface area contributed by atoms with Crippen molar-refractivity contribution in [1.82, 2.24) is 0 Å². The van der Waals surface area contributed by atoms with Crippen molar-refractivity contribution >= 4 is 31.2 Å². The Hall–Kier alpha value is 0.150. The van der Waals surface area contributed by atoms with Crippen LogP contribution in [0.1, 0.15) is 0 Å². The van der Waals surface area contributed by atoms with Gasteiger partial charge < -0.3 is 0 Å². The normalized spacial score (nSPS) is 7.83. The molecule has 0 bridgehead atoms. The SMILES string of the molecule is O=C=CC(S)S. The van der Waals surface area contributed by atoms with Gasteiger partial charge in [-0.1, -0.05) is 0 Å². The van der Waals surface area contributed by atoms with Gasteiger partial charge in [-0.3, -0.25) is 0 Å². The lowest BCUT2D eigenvalue weighted by molar-refractivity contribution is 0.568. The molecule has 0 rings (SSSR count). The molecule has 6 heavy (non-hydrogen) atoms. The number of hydrogen-bond acceptors (Lipinski definition) is 3. The Morgan fingerprint density at radius 1 is 1.67 bits per heavy atom. The van der Waals surface area contributed by atoms with Crippen molar-refractivity contribution in [2.75, 3.05) is 0 Å². The average molecular weight is 120 g/mol. The molecule has 0 aromatic heterocycles. The van der Waals surface area contributed by atoms with E-state index in [0.29, 0.717) is 0 Å². The van der Waals surface area contributed by atoms with E-state index in [1.807, 2.05) is 0 Å². The van der Waals surface area contributed by atoms with Gasteiger partial charge in [-0.25, -0.2) is 4.79 Å². The first-order valence-corrected chi connectivity index (χ1v) is 2.38. The average Bonchev–Trinajstić information content (AvgIpc) is 1.35. The molecular formula is C3H4OS2. The number of rotatable bonds is 1. The fourth-order valence-corrected chi connectivity index (χ4v) is 0.183. The quantitative estimate of drug-likeness (QED) is 0.294. The third kappa shape index (κ3) is 4.15. The highest BCUT2D eigenvalue weighted by Crippen LogP contribution is 1.96. The van der Waals surface area contributed by atoms with Crippen LogP contribution in [0.3, 0.4) is 0 Å². The zero-order chi connectivity index (χ0) is 4.99. The van der Waals surface area contributed by atoms with Crippen molar-refractivity contribution in [3.63, 3.8) is 0 Å². The second kappa shape index (κ2) is 3.34. The molecule has 0 unspecified atom stereocenters. The Balaban J connectivity index is 3.29. The highest BCUT2D eigenvalue weighted by Gasteiger charge is 1.80. The molecule has 0 radical (unpaired) electrons. The fraction of sp³-hybridized carbons (Fsp3) is 0.333. The third-order valence-corrected chi connectivity index (χ3v) is 0.515. The Morgan fingerprint density at radius 3 is 2.17 bits per heavy atom. The predicted octanol–water partition coefficient (Wildman–Crippen LogP) is 0.560. The van der Waals surface area contributed by atoms with Gasteiger partial charge in [0.1, 0.15) is 5.94 Å². The molecular weight excluding hydrogens is 116 g/mol. The van der Waals surface area contributed by atoms with E-state index in [9.17, 15) is 4.79 Å².